The summed E-state index contributed by atoms with van der Waals surface area (Å²) in [5.41, 5.74) is 29.9. The van der Waals surface area contributed by atoms with Gasteiger partial charge in [0.1, 0.15) is 67.0 Å². The van der Waals surface area contributed by atoms with Crippen LogP contribution in [0.25, 0.3) is 23.1 Å². The second kappa shape index (κ2) is 49.9. The molecule has 0 spiro atoms. The molecule has 0 aliphatic carbocycles. The number of hydrogen-bond acceptors (Lipinski definition) is 26. The molecule has 0 bridgehead atoms. The molecule has 13 amide bonds. The maximum Gasteiger partial charge on any atom is 0.345 e. The van der Waals surface area contributed by atoms with E-state index in [1.165, 1.54) is 44.5 Å². The van der Waals surface area contributed by atoms with Crippen molar-refractivity contribution in [2.24, 2.45) is 40.0 Å². The molecule has 25 N–H and O–H groups in total. The average Bonchev–Trinajstić information content (AvgIpc) is 1.63. The van der Waals surface area contributed by atoms with E-state index in [0.29, 0.717) is 37.7 Å². The summed E-state index contributed by atoms with van der Waals surface area (Å²) in [6, 6.07) is 9.55. The number of nitrogens with zero attached hydrogens (tertiary/aromatic N) is 4. The van der Waals surface area contributed by atoms with E-state index in [9.17, 15) is 82.4 Å². The molecular formula is C82H117N21O19S. The number of carboxylic acid groups (broad SMARTS) is 1. The number of fused-ring (bicyclic) bond motifs is 1. The molecule has 3 aromatic carbocycles. The Morgan fingerprint density at radius 2 is 1.28 bits per heavy atom. The van der Waals surface area contributed by atoms with E-state index in [1.807, 2.05) is 0 Å². The van der Waals surface area contributed by atoms with Crippen LogP contribution >= 0.6 is 11.8 Å². The molecule has 1 aliphatic rings. The molecule has 1 aliphatic heterocycles. The van der Waals surface area contributed by atoms with E-state index in [0.717, 1.165) is 11.6 Å². The van der Waals surface area contributed by atoms with Gasteiger partial charge in [-0.15, -0.1) is 0 Å². The summed E-state index contributed by atoms with van der Waals surface area (Å²) in [6.07, 6.45) is -1.06. The van der Waals surface area contributed by atoms with Crippen LogP contribution in [0.5, 0.6) is 0 Å². The second-order valence-corrected chi connectivity index (χ2v) is 31.7. The van der Waals surface area contributed by atoms with Crippen molar-refractivity contribution < 1.29 is 92.0 Å². The minimum absolute atomic E-state index is 0.00730. The second-order valence-electron chi connectivity index (χ2n) is 30.6. The number of carbonyl (C=O) groups excluding carboxylic acids is 14. The SMILES string of the molecule is CNC(=O)c1ccccc1Sc1ccc2c(/C=C/c3ccccn3)nn(C(=O)N(CCNC(=O)CC[C@H](N)C(=O)O)CC(C)(C)C(=O)OCCC(=O)N[C@H](C(=O)N[C@@H](CCCN)C(=O)N[C@H]3CCNC(=O)[C@H]([C@@H](C)O)NC(=O)[C@H](CCN)NC(=O)[C@H](CCN)NC(=O)[C@H](CC(C)C)NC(=O)[C@@H](Cc4ccccc4)NC(=O)[C@H](CCN)NC3=O)[C@@H](C)O)c2c1. The average molecular weight is 1730 g/mol. The van der Waals surface area contributed by atoms with E-state index < -0.39 is 194 Å². The number of carbonyl (C=O) groups is 15. The van der Waals surface area contributed by atoms with Crippen LogP contribution in [-0.4, -0.2) is 262 Å². The molecule has 1 fully saturated rings. The predicted molar refractivity (Wildman–Crippen MR) is 454 cm³/mol. The van der Waals surface area contributed by atoms with Gasteiger partial charge in [-0.1, -0.05) is 74.1 Å². The molecule has 6 rings (SSSR count). The highest BCUT2D eigenvalue weighted by Gasteiger charge is 2.40. The van der Waals surface area contributed by atoms with Gasteiger partial charge in [0.15, 0.2) is 0 Å². The number of nitrogens with one attached hydrogen (secondary N) is 12. The first kappa shape index (κ1) is 100.0. The van der Waals surface area contributed by atoms with Crippen LogP contribution in [0.2, 0.25) is 0 Å². The first-order valence-corrected chi connectivity index (χ1v) is 41.4. The molecule has 5 aromatic rings. The summed E-state index contributed by atoms with van der Waals surface area (Å²) < 4.78 is 6.77. The number of pyridine rings is 1. The lowest BCUT2D eigenvalue weighted by Gasteiger charge is -2.31. The van der Waals surface area contributed by atoms with E-state index in [-0.39, 0.29) is 114 Å². The molecule has 1 saturated heterocycles. The van der Waals surface area contributed by atoms with Crippen LogP contribution in [-0.2, 0) is 73.5 Å². The zero-order valence-electron chi connectivity index (χ0n) is 70.0. The molecule has 41 heteroatoms. The van der Waals surface area contributed by atoms with E-state index >= 15 is 4.79 Å². The normalized spacial score (nSPS) is 19.2. The molecule has 123 heavy (non-hydrogen) atoms. The first-order chi connectivity index (χ1) is 58.5. The van der Waals surface area contributed by atoms with Crippen molar-refractivity contribution in [3.8, 4) is 0 Å². The Bertz CT molecular complexity index is 4500. The lowest BCUT2D eigenvalue weighted by molar-refractivity contribution is -0.155. The molecule has 12 atom stereocenters. The fourth-order valence-corrected chi connectivity index (χ4v) is 13.8. The first-order valence-electron chi connectivity index (χ1n) is 40.6. The van der Waals surface area contributed by atoms with Crippen LogP contribution in [0.4, 0.5) is 4.79 Å². The molecule has 2 aromatic heterocycles. The third-order valence-electron chi connectivity index (χ3n) is 19.6. The van der Waals surface area contributed by atoms with Gasteiger partial charge in [0.2, 0.25) is 65.0 Å². The zero-order valence-corrected chi connectivity index (χ0v) is 70.8. The van der Waals surface area contributed by atoms with Crippen LogP contribution in [0.3, 0.4) is 0 Å². The number of hydrogen-bond donors (Lipinski definition) is 20. The minimum atomic E-state index is -1.83. The smallest absolute Gasteiger partial charge is 0.345 e. The number of aromatic nitrogens is 3. The van der Waals surface area contributed by atoms with Crippen LogP contribution in [0, 0.1) is 11.3 Å². The molecule has 3 heterocycles. The third kappa shape index (κ3) is 31.5. The lowest BCUT2D eigenvalue weighted by Crippen LogP contribution is -2.61. The largest absolute Gasteiger partial charge is 0.480 e. The highest BCUT2D eigenvalue weighted by atomic mass is 32.2. The zero-order chi connectivity index (χ0) is 90.6. The van der Waals surface area contributed by atoms with Crippen LogP contribution < -0.4 is 92.5 Å². The van der Waals surface area contributed by atoms with Crippen LogP contribution in [0.1, 0.15) is 133 Å². The molecular weight excluding hydrogens is 1620 g/mol. The quantitative estimate of drug-likeness (QED) is 0.0180. The van der Waals surface area contributed by atoms with Gasteiger partial charge in [-0.05, 0) is 171 Å². The van der Waals surface area contributed by atoms with Gasteiger partial charge in [-0.3, -0.25) is 72.1 Å². The van der Waals surface area contributed by atoms with Crippen molar-refractivity contribution in [2.75, 3.05) is 66.0 Å². The number of rotatable bonds is 38. The third-order valence-corrected chi connectivity index (χ3v) is 20.6. The number of ether oxygens (including phenoxy) is 1. The Labute approximate surface area is 716 Å². The fourth-order valence-electron chi connectivity index (χ4n) is 12.9. The summed E-state index contributed by atoms with van der Waals surface area (Å²) >= 11 is 1.24. The van der Waals surface area contributed by atoms with Gasteiger partial charge in [0.25, 0.3) is 5.91 Å². The number of amides is 13. The van der Waals surface area contributed by atoms with Crippen LogP contribution in [0.15, 0.2) is 107 Å². The molecule has 40 nitrogen and oxygen atoms in total. The Morgan fingerprint density at radius 1 is 0.683 bits per heavy atom. The molecule has 0 saturated carbocycles. The molecule has 0 radical (unpaired) electrons. The summed E-state index contributed by atoms with van der Waals surface area (Å²) in [4.78, 5) is 217. The molecule has 0 unspecified atom stereocenters. The fraction of sp³-hybridized carbons (Fsp3) is 0.500. The number of aliphatic hydroxyl groups excluding tert-OH is 2. The van der Waals surface area contributed by atoms with Crippen molar-refractivity contribution in [3.63, 3.8) is 0 Å². The predicted octanol–water partition coefficient (Wildman–Crippen LogP) is -2.63. The van der Waals surface area contributed by atoms with E-state index in [2.05, 4.69) is 68.8 Å². The number of benzene rings is 3. The summed E-state index contributed by atoms with van der Waals surface area (Å²) in [5.74, 6) is -13.3. The molecule has 670 valence electrons. The Morgan fingerprint density at radius 3 is 1.89 bits per heavy atom. The van der Waals surface area contributed by atoms with Gasteiger partial charge >= 0.3 is 18.0 Å². The lowest BCUT2D eigenvalue weighted by atomic mass is 9.93. The topological polar surface area (TPSA) is 634 Å². The maximum atomic E-state index is 15.3. The summed E-state index contributed by atoms with van der Waals surface area (Å²) in [6.45, 7) is 6.02. The number of aliphatic hydroxyl groups is 2. The van der Waals surface area contributed by atoms with Gasteiger partial charge in [0.05, 0.1) is 46.5 Å². The monoisotopic (exact) mass is 1730 g/mol. The number of esters is 1. The number of carboxylic acids is 1. The van der Waals surface area contributed by atoms with Crippen molar-refractivity contribution in [2.45, 2.75) is 195 Å². The van der Waals surface area contributed by atoms with Gasteiger partial charge < -0.3 is 117 Å². The van der Waals surface area contributed by atoms with Crippen molar-refractivity contribution in [3.05, 3.63) is 120 Å². The Hall–Kier alpha value is -11.9. The minimum Gasteiger partial charge on any atom is -0.480 e. The van der Waals surface area contributed by atoms with Gasteiger partial charge in [-0.2, -0.15) is 9.78 Å². The van der Waals surface area contributed by atoms with Gasteiger partial charge in [-0.25, -0.2) is 4.79 Å². The van der Waals surface area contributed by atoms with E-state index in [4.69, 9.17) is 38.5 Å². The van der Waals surface area contributed by atoms with Crippen molar-refractivity contribution in [1.82, 2.24) is 83.5 Å². The van der Waals surface area contributed by atoms with Gasteiger partial charge in [0, 0.05) is 67.4 Å². The highest BCUT2D eigenvalue weighted by molar-refractivity contribution is 7.99. The summed E-state index contributed by atoms with van der Waals surface area (Å²) in [5, 5.41) is 67.4. The Kier molecular flexibility index (Phi) is 40.6. The van der Waals surface area contributed by atoms with E-state index in [1.54, 1.807) is 123 Å². The van der Waals surface area contributed by atoms with Crippen molar-refractivity contribution in [1.29, 1.82) is 0 Å². The Balaban J connectivity index is 1.25. The van der Waals surface area contributed by atoms with Crippen molar-refractivity contribution >= 4 is 124 Å². The maximum absolute atomic E-state index is 15.3. The number of nitrogens with two attached hydrogens (primary N) is 5. The standard InChI is InChI=1S/C82H117N21O19S/c1-46(2)42-61-75(114)94-57(28-34-84)71(110)93-59(30-36-86)74(113)100-67(47(3)104)77(116)91-38-31-60(73(112)92-58(29-35-85)72(111)98-62(76(115)97-61)43-49-16-9-8-10-17-49)95-70(109)56(20-15-33-83)96-78(117)68(48(4)105)99-66(107)32-41-122-80(120)82(5,6)45-102(40-39-90-65(106)27-25-54(87)79(118)119)81(121)103-63-44-51(123-64-21-12-11-19-53(64)69(108)88-7)23-24-52(63)55(101-103)26-22-50-18-13-14-37-89-50/h8-14,16-19,21-24,26,37,44,46-48,54,56-62,67-68,104-105H,15,20,25,27-36,38-43,45,83-87H2,1-7H3,(H,88,108)(H,90,106)(H,91,116)(H,92,112)(H,93,110)(H,94,114)(H,95,109)(H,96,117)(H,97,115)(H,98,111)(H,99,107)(H,100,113)(H,118,119)/b26-22+/t47-,48-,54+,56+,57+,58+,59+,60+,61+,62-,67+,68+/m1/s1. The highest BCUT2D eigenvalue weighted by Crippen LogP contribution is 2.34. The summed E-state index contributed by atoms with van der Waals surface area (Å²) in [7, 11) is 1.50. The number of aliphatic carboxylic acids is 1.